The van der Waals surface area contributed by atoms with Gasteiger partial charge in [-0.25, -0.2) is 9.78 Å². The third-order valence-corrected chi connectivity index (χ3v) is 6.34. The molecule has 3 aromatic carbocycles. The number of fused-ring (bicyclic) bond motifs is 3. The fraction of sp³-hybridized carbons (Fsp3) is 0.154. The van der Waals surface area contributed by atoms with Gasteiger partial charge in [-0.05, 0) is 55.0 Å². The summed E-state index contributed by atoms with van der Waals surface area (Å²) in [5, 5.41) is 15.2. The van der Waals surface area contributed by atoms with Gasteiger partial charge in [0.05, 0.1) is 47.0 Å². The molecule has 0 saturated heterocycles. The van der Waals surface area contributed by atoms with Crippen molar-refractivity contribution in [2.24, 2.45) is 0 Å². The van der Waals surface area contributed by atoms with E-state index < -0.39 is 16.9 Å². The highest BCUT2D eigenvalue weighted by Crippen LogP contribution is 2.45. The molecule has 1 aromatic heterocycles. The summed E-state index contributed by atoms with van der Waals surface area (Å²) < 4.78 is 12.6. The number of para-hydroxylation sites is 2. The van der Waals surface area contributed by atoms with Gasteiger partial charge in [-0.3, -0.25) is 14.7 Å². The van der Waals surface area contributed by atoms with Crippen molar-refractivity contribution in [2.45, 2.75) is 13.0 Å². The van der Waals surface area contributed by atoms with Gasteiger partial charge >= 0.3 is 5.97 Å². The highest BCUT2D eigenvalue weighted by molar-refractivity contribution is 6.31. The second-order valence-corrected chi connectivity index (χ2v) is 8.43. The molecule has 1 N–H and O–H groups in total. The van der Waals surface area contributed by atoms with Crippen LogP contribution in [0.5, 0.6) is 5.75 Å². The number of imidazole rings is 1. The third-order valence-electron chi connectivity index (χ3n) is 5.99. The first-order chi connectivity index (χ1) is 17.4. The quantitative estimate of drug-likeness (QED) is 0.207. The summed E-state index contributed by atoms with van der Waals surface area (Å²) in [5.74, 6) is 0.535. The van der Waals surface area contributed by atoms with Crippen molar-refractivity contribution in [1.82, 2.24) is 9.55 Å². The summed E-state index contributed by atoms with van der Waals surface area (Å²) in [4.78, 5) is 29.4. The molecule has 1 atom stereocenters. The second-order valence-electron chi connectivity index (χ2n) is 8.02. The number of aromatic nitrogens is 2. The number of halogens is 1. The maximum Gasteiger partial charge on any atom is 0.338 e. The van der Waals surface area contributed by atoms with E-state index in [0.717, 1.165) is 5.52 Å². The number of esters is 1. The van der Waals surface area contributed by atoms with E-state index in [9.17, 15) is 14.9 Å². The van der Waals surface area contributed by atoms with Crippen molar-refractivity contribution in [3.05, 3.63) is 98.6 Å². The van der Waals surface area contributed by atoms with E-state index in [-0.39, 0.29) is 22.9 Å². The van der Waals surface area contributed by atoms with E-state index in [1.807, 2.05) is 41.0 Å². The zero-order valence-corrected chi connectivity index (χ0v) is 20.2. The Labute approximate surface area is 211 Å². The molecule has 1 aliphatic rings. The first kappa shape index (κ1) is 23.4. The van der Waals surface area contributed by atoms with Crippen molar-refractivity contribution < 1.29 is 19.2 Å². The third kappa shape index (κ3) is 3.93. The SMILES string of the molecule is CCOC(=O)C1=C(c2ccc(OC)cc2)Nc2nc3ccccc3n2C1c1cc([N+](=O)[O-])ccc1Cl. The molecule has 10 heteroatoms. The van der Waals surface area contributed by atoms with Crippen LogP contribution in [0.3, 0.4) is 0 Å². The van der Waals surface area contributed by atoms with E-state index in [4.69, 9.17) is 26.1 Å². The van der Waals surface area contributed by atoms with Crippen molar-refractivity contribution in [3.8, 4) is 5.75 Å². The lowest BCUT2D eigenvalue weighted by atomic mass is 9.92. The van der Waals surface area contributed by atoms with E-state index >= 15 is 0 Å². The van der Waals surface area contributed by atoms with E-state index in [1.165, 1.54) is 18.2 Å². The summed E-state index contributed by atoms with van der Waals surface area (Å²) in [6.45, 7) is 1.86. The maximum atomic E-state index is 13.5. The summed E-state index contributed by atoms with van der Waals surface area (Å²) in [5.41, 5.74) is 3.04. The van der Waals surface area contributed by atoms with Crippen LogP contribution in [0.2, 0.25) is 5.02 Å². The Morgan fingerprint density at radius 2 is 1.92 bits per heavy atom. The van der Waals surface area contributed by atoms with Gasteiger partial charge in [0.15, 0.2) is 0 Å². The molecule has 4 aromatic rings. The summed E-state index contributed by atoms with van der Waals surface area (Å²) in [6.07, 6.45) is 0. The van der Waals surface area contributed by atoms with Gasteiger partial charge in [0.2, 0.25) is 5.95 Å². The molecule has 1 unspecified atom stereocenters. The molecule has 0 fully saturated rings. The number of nitrogens with one attached hydrogen (secondary N) is 1. The fourth-order valence-electron chi connectivity index (χ4n) is 4.40. The molecule has 0 amide bonds. The minimum atomic E-state index is -0.850. The molecule has 0 radical (unpaired) electrons. The Kier molecular flexibility index (Phi) is 6.07. The molecule has 5 rings (SSSR count). The lowest BCUT2D eigenvalue weighted by molar-refractivity contribution is -0.384. The van der Waals surface area contributed by atoms with Gasteiger partial charge < -0.3 is 14.8 Å². The van der Waals surface area contributed by atoms with Crippen LogP contribution >= 0.6 is 11.6 Å². The van der Waals surface area contributed by atoms with Gasteiger partial charge in [-0.1, -0.05) is 23.7 Å². The number of hydrogen-bond donors (Lipinski definition) is 1. The average molecular weight is 505 g/mol. The molecule has 0 spiro atoms. The zero-order valence-electron chi connectivity index (χ0n) is 19.4. The van der Waals surface area contributed by atoms with Crippen LogP contribution in [-0.2, 0) is 9.53 Å². The monoisotopic (exact) mass is 504 g/mol. The Morgan fingerprint density at radius 3 is 2.61 bits per heavy atom. The number of methoxy groups -OCH3 is 1. The van der Waals surface area contributed by atoms with E-state index in [2.05, 4.69) is 5.32 Å². The minimum Gasteiger partial charge on any atom is -0.497 e. The van der Waals surface area contributed by atoms with Gasteiger partial charge in [-0.15, -0.1) is 0 Å². The van der Waals surface area contributed by atoms with E-state index in [0.29, 0.717) is 34.0 Å². The first-order valence-electron chi connectivity index (χ1n) is 11.2. The second kappa shape index (κ2) is 9.35. The topological polar surface area (TPSA) is 109 Å². The van der Waals surface area contributed by atoms with Crippen LogP contribution in [0.25, 0.3) is 16.7 Å². The molecule has 182 valence electrons. The fourth-order valence-corrected chi connectivity index (χ4v) is 4.62. The molecule has 0 aliphatic carbocycles. The van der Waals surface area contributed by atoms with Gasteiger partial charge in [-0.2, -0.15) is 0 Å². The van der Waals surface area contributed by atoms with Crippen LogP contribution in [0.1, 0.15) is 24.1 Å². The lowest BCUT2D eigenvalue weighted by Gasteiger charge is -2.31. The summed E-state index contributed by atoms with van der Waals surface area (Å²) in [7, 11) is 1.57. The number of carbonyl (C=O) groups is 1. The minimum absolute atomic E-state index is 0.144. The Morgan fingerprint density at radius 1 is 1.17 bits per heavy atom. The number of ether oxygens (including phenoxy) is 2. The molecule has 0 saturated carbocycles. The van der Waals surface area contributed by atoms with Crippen LogP contribution < -0.4 is 10.1 Å². The molecule has 2 heterocycles. The van der Waals surface area contributed by atoms with Crippen molar-refractivity contribution in [3.63, 3.8) is 0 Å². The van der Waals surface area contributed by atoms with E-state index in [1.54, 1.807) is 26.2 Å². The number of hydrogen-bond acceptors (Lipinski definition) is 7. The smallest absolute Gasteiger partial charge is 0.338 e. The molecule has 0 bridgehead atoms. The van der Waals surface area contributed by atoms with Gasteiger partial charge in [0.1, 0.15) is 5.75 Å². The number of non-ortho nitro benzene ring substituents is 1. The normalized spacial score (nSPS) is 14.8. The maximum absolute atomic E-state index is 13.5. The molecule has 36 heavy (non-hydrogen) atoms. The standard InChI is InChI=1S/C26H21ClN4O5/c1-3-36-25(32)22-23(15-8-11-17(35-2)12-9-15)29-26-28-20-6-4-5-7-21(20)30(26)24(22)18-14-16(31(33)34)10-13-19(18)27/h4-14,24H,3H2,1-2H3,(H,28,29). The number of nitrogens with zero attached hydrogens (tertiary/aromatic N) is 3. The largest absolute Gasteiger partial charge is 0.497 e. The highest BCUT2D eigenvalue weighted by atomic mass is 35.5. The van der Waals surface area contributed by atoms with Crippen molar-refractivity contribution in [2.75, 3.05) is 19.0 Å². The predicted octanol–water partition coefficient (Wildman–Crippen LogP) is 5.60. The zero-order chi connectivity index (χ0) is 25.4. The summed E-state index contributed by atoms with van der Waals surface area (Å²) >= 11 is 6.63. The highest BCUT2D eigenvalue weighted by Gasteiger charge is 2.38. The van der Waals surface area contributed by atoms with Crippen LogP contribution in [0, 0.1) is 10.1 Å². The van der Waals surface area contributed by atoms with Crippen LogP contribution in [0.4, 0.5) is 11.6 Å². The van der Waals surface area contributed by atoms with Gasteiger partial charge in [0.25, 0.3) is 5.69 Å². The predicted molar refractivity (Wildman–Crippen MR) is 136 cm³/mol. The van der Waals surface area contributed by atoms with Crippen LogP contribution in [0.15, 0.2) is 72.3 Å². The molecule has 9 nitrogen and oxygen atoms in total. The number of rotatable bonds is 6. The Bertz CT molecular complexity index is 1530. The van der Waals surface area contributed by atoms with Gasteiger partial charge in [0, 0.05) is 22.7 Å². The number of nitro benzene ring substituents is 1. The Hall–Kier alpha value is -4.37. The average Bonchev–Trinajstić information content (AvgIpc) is 3.26. The number of nitro groups is 1. The summed E-state index contributed by atoms with van der Waals surface area (Å²) in [6, 6.07) is 18.0. The van der Waals surface area contributed by atoms with Crippen molar-refractivity contribution in [1.29, 1.82) is 0 Å². The lowest BCUT2D eigenvalue weighted by Crippen LogP contribution is -2.29. The number of anilines is 1. The van der Waals surface area contributed by atoms with Crippen LogP contribution in [-0.4, -0.2) is 34.2 Å². The number of carbonyl (C=O) groups excluding carboxylic acids is 1. The van der Waals surface area contributed by atoms with Crippen molar-refractivity contribution >= 4 is 45.9 Å². The molecular weight excluding hydrogens is 484 g/mol. The first-order valence-corrected chi connectivity index (χ1v) is 11.5. The molecule has 1 aliphatic heterocycles. The Balaban J connectivity index is 1.85. The number of benzene rings is 3. The molecular formula is C26H21ClN4O5.